The number of nitrogens with zero attached hydrogens (tertiary/aromatic N) is 4. The van der Waals surface area contributed by atoms with Crippen molar-refractivity contribution in [2.45, 2.75) is 18.9 Å². The van der Waals surface area contributed by atoms with Crippen LogP contribution in [0.15, 0.2) is 41.6 Å². The van der Waals surface area contributed by atoms with Crippen LogP contribution < -0.4 is 0 Å². The Morgan fingerprint density at radius 3 is 3.00 bits per heavy atom. The number of carboxylic acids is 1. The van der Waals surface area contributed by atoms with Gasteiger partial charge in [-0.05, 0) is 29.6 Å². The number of pyridine rings is 1. The van der Waals surface area contributed by atoms with Crippen LogP contribution in [0.4, 0.5) is 0 Å². The second-order valence-corrected chi connectivity index (χ2v) is 4.20. The van der Waals surface area contributed by atoms with E-state index in [-0.39, 0.29) is 6.42 Å². The zero-order chi connectivity index (χ0) is 13.7. The van der Waals surface area contributed by atoms with Crippen LogP contribution in [-0.4, -0.2) is 22.1 Å². The Hall–Kier alpha value is -2.59. The highest BCUT2D eigenvalue weighted by atomic mass is 16.4. The summed E-state index contributed by atoms with van der Waals surface area (Å²) in [6.45, 7) is 0. The Morgan fingerprint density at radius 2 is 2.26 bits per heavy atom. The molecule has 0 fully saturated rings. The van der Waals surface area contributed by atoms with E-state index in [1.165, 1.54) is 0 Å². The number of fused-ring (bicyclic) bond motifs is 1. The first-order valence-corrected chi connectivity index (χ1v) is 5.78. The summed E-state index contributed by atoms with van der Waals surface area (Å²) in [5, 5.41) is 13.3. The predicted octanol–water partition coefficient (Wildman–Crippen LogP) is 2.93. The lowest BCUT2D eigenvalue weighted by Gasteiger charge is -2.08. The smallest absolute Gasteiger partial charge is 0.303 e. The molecule has 0 aliphatic rings. The molecule has 1 aromatic heterocycles. The van der Waals surface area contributed by atoms with Crippen molar-refractivity contribution in [2.24, 2.45) is 5.11 Å². The van der Waals surface area contributed by atoms with E-state index in [1.54, 1.807) is 6.20 Å². The SMILES string of the molecule is [N-]=[N+]=NC(CC(=O)O)Cc1cnc2ccccc2c1. The molecule has 1 heterocycles. The van der Waals surface area contributed by atoms with Crippen LogP contribution in [0.3, 0.4) is 0 Å². The fourth-order valence-electron chi connectivity index (χ4n) is 1.93. The Kier molecular flexibility index (Phi) is 3.95. The average molecular weight is 256 g/mol. The largest absolute Gasteiger partial charge is 0.481 e. The monoisotopic (exact) mass is 256 g/mol. The Labute approximate surface area is 109 Å². The average Bonchev–Trinajstić information content (AvgIpc) is 2.38. The first kappa shape index (κ1) is 12.9. The molecule has 0 bridgehead atoms. The summed E-state index contributed by atoms with van der Waals surface area (Å²) < 4.78 is 0. The molecule has 2 aromatic rings. The lowest BCUT2D eigenvalue weighted by molar-refractivity contribution is -0.137. The number of hydrogen-bond donors (Lipinski definition) is 1. The maximum absolute atomic E-state index is 10.7. The normalized spacial score (nSPS) is 11.8. The molecule has 6 nitrogen and oxygen atoms in total. The molecule has 0 saturated heterocycles. The minimum atomic E-state index is -0.980. The van der Waals surface area contributed by atoms with Gasteiger partial charge in [-0.2, -0.15) is 0 Å². The summed E-state index contributed by atoms with van der Waals surface area (Å²) in [5.74, 6) is -0.980. The van der Waals surface area contributed by atoms with Gasteiger partial charge in [-0.3, -0.25) is 9.78 Å². The maximum atomic E-state index is 10.7. The van der Waals surface area contributed by atoms with E-state index < -0.39 is 12.0 Å². The van der Waals surface area contributed by atoms with Gasteiger partial charge in [0.15, 0.2) is 0 Å². The molecule has 0 aliphatic heterocycles. The van der Waals surface area contributed by atoms with Gasteiger partial charge in [-0.25, -0.2) is 0 Å². The van der Waals surface area contributed by atoms with Crippen LogP contribution in [0.2, 0.25) is 0 Å². The van der Waals surface area contributed by atoms with Crippen LogP contribution >= 0.6 is 0 Å². The zero-order valence-electron chi connectivity index (χ0n) is 10.1. The molecule has 96 valence electrons. The van der Waals surface area contributed by atoms with E-state index in [9.17, 15) is 4.79 Å². The van der Waals surface area contributed by atoms with Gasteiger partial charge in [0, 0.05) is 16.5 Å². The molecular weight excluding hydrogens is 244 g/mol. The minimum absolute atomic E-state index is 0.184. The molecule has 1 N–H and O–H groups in total. The number of para-hydroxylation sites is 1. The van der Waals surface area contributed by atoms with Crippen molar-refractivity contribution in [1.29, 1.82) is 0 Å². The van der Waals surface area contributed by atoms with E-state index in [1.807, 2.05) is 30.3 Å². The molecule has 6 heteroatoms. The second kappa shape index (κ2) is 5.84. The summed E-state index contributed by atoms with van der Waals surface area (Å²) in [7, 11) is 0. The fraction of sp³-hybridized carbons (Fsp3) is 0.231. The van der Waals surface area contributed by atoms with Gasteiger partial charge in [0.05, 0.1) is 18.0 Å². The van der Waals surface area contributed by atoms with Crippen molar-refractivity contribution in [2.75, 3.05) is 0 Å². The van der Waals surface area contributed by atoms with Gasteiger partial charge in [-0.1, -0.05) is 23.3 Å². The van der Waals surface area contributed by atoms with Gasteiger partial charge in [0.25, 0.3) is 0 Å². The highest BCUT2D eigenvalue weighted by Crippen LogP contribution is 2.15. The van der Waals surface area contributed by atoms with E-state index in [4.69, 9.17) is 10.6 Å². The zero-order valence-corrected chi connectivity index (χ0v) is 10.1. The molecule has 1 aromatic carbocycles. The summed E-state index contributed by atoms with van der Waals surface area (Å²) in [6, 6.07) is 9.00. The number of aromatic nitrogens is 1. The van der Waals surface area contributed by atoms with E-state index in [0.717, 1.165) is 16.5 Å². The second-order valence-electron chi connectivity index (χ2n) is 4.20. The number of carboxylic acid groups (broad SMARTS) is 1. The number of hydrogen-bond acceptors (Lipinski definition) is 3. The summed E-state index contributed by atoms with van der Waals surface area (Å²) in [4.78, 5) is 17.7. The van der Waals surface area contributed by atoms with E-state index in [0.29, 0.717) is 6.42 Å². The number of aliphatic carboxylic acids is 1. The van der Waals surface area contributed by atoms with Gasteiger partial charge >= 0.3 is 5.97 Å². The lowest BCUT2D eigenvalue weighted by atomic mass is 10.0. The van der Waals surface area contributed by atoms with Crippen molar-refractivity contribution in [3.8, 4) is 0 Å². The van der Waals surface area contributed by atoms with Crippen LogP contribution in [0.1, 0.15) is 12.0 Å². The molecule has 0 aliphatic carbocycles. The Morgan fingerprint density at radius 1 is 1.47 bits per heavy atom. The molecule has 0 saturated carbocycles. The van der Waals surface area contributed by atoms with Crippen LogP contribution in [0.25, 0.3) is 21.3 Å². The minimum Gasteiger partial charge on any atom is -0.481 e. The molecule has 2 rings (SSSR count). The Bertz CT molecular complexity index is 650. The molecule has 1 unspecified atom stereocenters. The first-order chi connectivity index (χ1) is 9.19. The lowest BCUT2D eigenvalue weighted by Crippen LogP contribution is -2.13. The topological polar surface area (TPSA) is 99.0 Å². The standard InChI is InChI=1S/C13H12N4O2/c14-17-16-11(7-13(18)19)6-9-5-10-3-1-2-4-12(10)15-8-9/h1-5,8,11H,6-7H2,(H,18,19). The molecule has 0 radical (unpaired) electrons. The number of benzene rings is 1. The summed E-state index contributed by atoms with van der Waals surface area (Å²) >= 11 is 0. The molecular formula is C13H12N4O2. The van der Waals surface area contributed by atoms with Gasteiger partial charge in [0.1, 0.15) is 0 Å². The summed E-state index contributed by atoms with van der Waals surface area (Å²) in [6.07, 6.45) is 1.87. The number of rotatable bonds is 5. The van der Waals surface area contributed by atoms with Gasteiger partial charge in [0.2, 0.25) is 0 Å². The molecule has 19 heavy (non-hydrogen) atoms. The van der Waals surface area contributed by atoms with Crippen LogP contribution in [0.5, 0.6) is 0 Å². The highest BCUT2D eigenvalue weighted by Gasteiger charge is 2.12. The highest BCUT2D eigenvalue weighted by molar-refractivity contribution is 5.78. The fourth-order valence-corrected chi connectivity index (χ4v) is 1.93. The first-order valence-electron chi connectivity index (χ1n) is 5.78. The van der Waals surface area contributed by atoms with Gasteiger partial charge in [-0.15, -0.1) is 0 Å². The predicted molar refractivity (Wildman–Crippen MR) is 70.6 cm³/mol. The number of azide groups is 1. The number of carbonyl (C=O) groups is 1. The third kappa shape index (κ3) is 3.43. The van der Waals surface area contributed by atoms with E-state index in [2.05, 4.69) is 15.0 Å². The van der Waals surface area contributed by atoms with Crippen molar-refractivity contribution in [3.05, 3.63) is 52.5 Å². The third-order valence-corrected chi connectivity index (χ3v) is 2.74. The molecule has 1 atom stereocenters. The molecule has 0 spiro atoms. The van der Waals surface area contributed by atoms with Crippen LogP contribution in [-0.2, 0) is 11.2 Å². The Balaban J connectivity index is 2.23. The van der Waals surface area contributed by atoms with Gasteiger partial charge < -0.3 is 5.11 Å². The molecule has 0 amide bonds. The van der Waals surface area contributed by atoms with Crippen molar-refractivity contribution in [1.82, 2.24) is 4.98 Å². The quantitative estimate of drug-likeness (QED) is 0.505. The van der Waals surface area contributed by atoms with Crippen molar-refractivity contribution >= 4 is 16.9 Å². The van der Waals surface area contributed by atoms with Crippen LogP contribution in [0, 0.1) is 0 Å². The third-order valence-electron chi connectivity index (χ3n) is 2.74. The summed E-state index contributed by atoms with van der Waals surface area (Å²) in [5.41, 5.74) is 10.2. The maximum Gasteiger partial charge on any atom is 0.303 e. The van der Waals surface area contributed by atoms with Crippen molar-refractivity contribution in [3.63, 3.8) is 0 Å². The van der Waals surface area contributed by atoms with Crippen molar-refractivity contribution < 1.29 is 9.90 Å². The van der Waals surface area contributed by atoms with E-state index >= 15 is 0 Å².